The van der Waals surface area contributed by atoms with E-state index in [4.69, 9.17) is 14.6 Å². The Hall–Kier alpha value is -2.81. The van der Waals surface area contributed by atoms with Crippen molar-refractivity contribution in [1.29, 1.82) is 0 Å². The second-order valence-corrected chi connectivity index (χ2v) is 7.93. The van der Waals surface area contributed by atoms with Crippen molar-refractivity contribution in [1.82, 2.24) is 5.32 Å². The zero-order chi connectivity index (χ0) is 23.5. The molecule has 2 N–H and O–H groups in total. The molecule has 0 radical (unpaired) electrons. The van der Waals surface area contributed by atoms with E-state index in [1.165, 1.54) is 19.2 Å². The van der Waals surface area contributed by atoms with Crippen LogP contribution in [0, 0.1) is 5.82 Å². The molecule has 2 aromatic carbocycles. The molecule has 0 heterocycles. The summed E-state index contributed by atoms with van der Waals surface area (Å²) in [5.74, 6) is -2.20. The molecular weight excluding hydrogens is 430 g/mol. The van der Waals surface area contributed by atoms with Crippen LogP contribution in [0.15, 0.2) is 36.4 Å². The number of benzene rings is 2. The van der Waals surface area contributed by atoms with E-state index >= 15 is 0 Å². The van der Waals surface area contributed by atoms with Crippen LogP contribution < -0.4 is 14.8 Å². The molecule has 9 heteroatoms. The Kier molecular flexibility index (Phi) is 7.28. The normalized spacial score (nSPS) is 19.6. The quantitative estimate of drug-likeness (QED) is 0.529. The van der Waals surface area contributed by atoms with Crippen LogP contribution in [0.3, 0.4) is 0 Å². The minimum atomic E-state index is -4.66. The summed E-state index contributed by atoms with van der Waals surface area (Å²) >= 11 is 0. The lowest BCUT2D eigenvalue weighted by atomic mass is 9.95. The van der Waals surface area contributed by atoms with Gasteiger partial charge in [-0.1, -0.05) is 12.1 Å². The summed E-state index contributed by atoms with van der Waals surface area (Å²) in [6, 6.07) is 8.45. The summed E-state index contributed by atoms with van der Waals surface area (Å²) in [5.41, 5.74) is 0.422. The van der Waals surface area contributed by atoms with Gasteiger partial charge in [0.25, 0.3) is 0 Å². The number of ether oxygens (including phenoxy) is 2. The minimum absolute atomic E-state index is 0.0722. The topological polar surface area (TPSA) is 67.8 Å². The van der Waals surface area contributed by atoms with Crippen molar-refractivity contribution in [2.24, 2.45) is 0 Å². The van der Waals surface area contributed by atoms with Crippen molar-refractivity contribution in [3.63, 3.8) is 0 Å². The third-order valence-electron chi connectivity index (χ3n) is 5.73. The summed E-state index contributed by atoms with van der Waals surface area (Å²) in [6.07, 6.45) is -2.51. The SMILES string of the molecule is COc1cc([C@H](C)NC2CCC(c3ccc(OCC(=O)O)c(C(F)(F)F)c3)C2)ccc1F. The molecular formula is C23H25F4NO4. The first kappa shape index (κ1) is 23.8. The molecule has 5 nitrogen and oxygen atoms in total. The number of hydrogen-bond acceptors (Lipinski definition) is 4. The van der Waals surface area contributed by atoms with Crippen molar-refractivity contribution in [2.75, 3.05) is 13.7 Å². The molecule has 3 atom stereocenters. The average molecular weight is 455 g/mol. The number of methoxy groups -OCH3 is 1. The number of halogens is 4. The van der Waals surface area contributed by atoms with E-state index < -0.39 is 35.9 Å². The number of aliphatic carboxylic acids is 1. The number of alkyl halides is 3. The van der Waals surface area contributed by atoms with Crippen LogP contribution in [0.25, 0.3) is 0 Å². The van der Waals surface area contributed by atoms with E-state index in [1.54, 1.807) is 18.2 Å². The lowest BCUT2D eigenvalue weighted by molar-refractivity contribution is -0.143. The maximum Gasteiger partial charge on any atom is 0.419 e. The third-order valence-corrected chi connectivity index (χ3v) is 5.73. The highest BCUT2D eigenvalue weighted by Crippen LogP contribution is 2.41. The van der Waals surface area contributed by atoms with Gasteiger partial charge in [0.1, 0.15) is 5.75 Å². The van der Waals surface area contributed by atoms with Crippen LogP contribution in [-0.2, 0) is 11.0 Å². The number of nitrogens with one attached hydrogen (secondary N) is 1. The van der Waals surface area contributed by atoms with Gasteiger partial charge < -0.3 is 19.9 Å². The van der Waals surface area contributed by atoms with Crippen LogP contribution >= 0.6 is 0 Å². The number of carboxylic acids is 1. The fourth-order valence-electron chi connectivity index (χ4n) is 4.12. The number of rotatable bonds is 8. The fraction of sp³-hybridized carbons (Fsp3) is 0.435. The zero-order valence-electron chi connectivity index (χ0n) is 17.7. The highest BCUT2D eigenvalue weighted by atomic mass is 19.4. The average Bonchev–Trinajstić information content (AvgIpc) is 3.20. The Morgan fingerprint density at radius 1 is 1.19 bits per heavy atom. The van der Waals surface area contributed by atoms with Gasteiger partial charge in [-0.05, 0) is 67.5 Å². The first-order valence-electron chi connectivity index (χ1n) is 10.2. The van der Waals surface area contributed by atoms with Crippen LogP contribution in [0.2, 0.25) is 0 Å². The highest BCUT2D eigenvalue weighted by molar-refractivity contribution is 5.68. The van der Waals surface area contributed by atoms with Crippen LogP contribution in [0.1, 0.15) is 54.8 Å². The molecule has 1 fully saturated rings. The van der Waals surface area contributed by atoms with Gasteiger partial charge in [-0.15, -0.1) is 0 Å². The molecule has 0 saturated heterocycles. The van der Waals surface area contributed by atoms with Gasteiger partial charge in [-0.3, -0.25) is 0 Å². The number of carboxylic acid groups (broad SMARTS) is 1. The van der Waals surface area contributed by atoms with Crippen LogP contribution in [-0.4, -0.2) is 30.8 Å². The molecule has 2 aromatic rings. The van der Waals surface area contributed by atoms with Crippen LogP contribution in [0.5, 0.6) is 11.5 Å². The number of hydrogen-bond donors (Lipinski definition) is 2. The van der Waals surface area contributed by atoms with Crippen molar-refractivity contribution in [3.05, 3.63) is 58.9 Å². The van der Waals surface area contributed by atoms with E-state index in [-0.39, 0.29) is 23.8 Å². The molecule has 0 aromatic heterocycles. The van der Waals surface area contributed by atoms with Crippen molar-refractivity contribution in [2.45, 2.75) is 50.4 Å². The molecule has 174 valence electrons. The lowest BCUT2D eigenvalue weighted by Crippen LogP contribution is -2.29. The molecule has 0 aliphatic heterocycles. The summed E-state index contributed by atoms with van der Waals surface area (Å²) in [5, 5.41) is 12.1. The lowest BCUT2D eigenvalue weighted by Gasteiger charge is -2.21. The van der Waals surface area contributed by atoms with Gasteiger partial charge in [0, 0.05) is 12.1 Å². The van der Waals surface area contributed by atoms with Gasteiger partial charge in [0.2, 0.25) is 0 Å². The van der Waals surface area contributed by atoms with E-state index in [0.717, 1.165) is 18.1 Å². The van der Waals surface area contributed by atoms with Gasteiger partial charge >= 0.3 is 12.1 Å². The first-order valence-corrected chi connectivity index (χ1v) is 10.2. The number of carbonyl (C=O) groups is 1. The molecule has 0 spiro atoms. The second-order valence-electron chi connectivity index (χ2n) is 7.93. The standard InChI is InChI=1S/C23H25F4NO4/c1-13(14-4-7-19(24)21(11-14)31-2)28-17-6-3-15(9-17)16-5-8-20(32-12-22(29)30)18(10-16)23(25,26)27/h4-5,7-8,10-11,13,15,17,28H,3,6,9,12H2,1-2H3,(H,29,30)/t13-,15?,17?/m0/s1. The van der Waals surface area contributed by atoms with E-state index in [9.17, 15) is 22.4 Å². The van der Waals surface area contributed by atoms with Gasteiger partial charge in [0.05, 0.1) is 12.7 Å². The van der Waals surface area contributed by atoms with Crippen molar-refractivity contribution in [3.8, 4) is 11.5 Å². The molecule has 0 bridgehead atoms. The molecule has 1 aliphatic rings. The van der Waals surface area contributed by atoms with Gasteiger partial charge in [-0.25, -0.2) is 9.18 Å². The minimum Gasteiger partial charge on any atom is -0.494 e. The first-order chi connectivity index (χ1) is 15.1. The third kappa shape index (κ3) is 5.70. The molecule has 3 rings (SSSR count). The van der Waals surface area contributed by atoms with E-state index in [2.05, 4.69) is 5.32 Å². The van der Waals surface area contributed by atoms with E-state index in [1.807, 2.05) is 6.92 Å². The Bertz CT molecular complexity index is 963. The van der Waals surface area contributed by atoms with E-state index in [0.29, 0.717) is 18.4 Å². The Labute approximate surface area is 183 Å². The molecule has 1 aliphatic carbocycles. The Morgan fingerprint density at radius 3 is 2.59 bits per heavy atom. The van der Waals surface area contributed by atoms with Gasteiger partial charge in [-0.2, -0.15) is 13.2 Å². The summed E-state index contributed by atoms with van der Waals surface area (Å²) < 4.78 is 64.0. The largest absolute Gasteiger partial charge is 0.494 e. The predicted octanol–water partition coefficient (Wildman–Crippen LogP) is 5.30. The zero-order valence-corrected chi connectivity index (χ0v) is 17.7. The summed E-state index contributed by atoms with van der Waals surface area (Å²) in [7, 11) is 1.40. The maximum atomic E-state index is 13.6. The summed E-state index contributed by atoms with van der Waals surface area (Å²) in [4.78, 5) is 10.7. The molecule has 1 saturated carbocycles. The fourth-order valence-corrected chi connectivity index (χ4v) is 4.12. The second kappa shape index (κ2) is 9.77. The van der Waals surface area contributed by atoms with Crippen LogP contribution in [0.4, 0.5) is 17.6 Å². The molecule has 32 heavy (non-hydrogen) atoms. The molecule has 2 unspecified atom stereocenters. The van der Waals surface area contributed by atoms with Gasteiger partial charge in [0.15, 0.2) is 18.2 Å². The predicted molar refractivity (Wildman–Crippen MR) is 109 cm³/mol. The highest BCUT2D eigenvalue weighted by Gasteiger charge is 2.36. The van der Waals surface area contributed by atoms with Crippen molar-refractivity contribution >= 4 is 5.97 Å². The van der Waals surface area contributed by atoms with Crippen molar-refractivity contribution < 1.29 is 36.9 Å². The monoisotopic (exact) mass is 455 g/mol. The maximum absolute atomic E-state index is 13.6. The Morgan fingerprint density at radius 2 is 1.94 bits per heavy atom. The summed E-state index contributed by atoms with van der Waals surface area (Å²) in [6.45, 7) is 1.10. The Balaban J connectivity index is 1.69. The molecule has 0 amide bonds. The smallest absolute Gasteiger partial charge is 0.419 e.